The van der Waals surface area contributed by atoms with Crippen LogP contribution < -0.4 is 9.47 Å². The van der Waals surface area contributed by atoms with E-state index in [4.69, 9.17) is 9.47 Å². The largest absolute Gasteiger partial charge is 0.503 e. The van der Waals surface area contributed by atoms with Gasteiger partial charge in [-0.05, 0) is 53.3 Å². The summed E-state index contributed by atoms with van der Waals surface area (Å²) >= 11 is 1.20. The summed E-state index contributed by atoms with van der Waals surface area (Å²) in [5, 5.41) is 23.6. The van der Waals surface area contributed by atoms with Gasteiger partial charge in [0.25, 0.3) is 11.6 Å². The summed E-state index contributed by atoms with van der Waals surface area (Å²) in [5.41, 5.74) is 1.18. The molecule has 0 saturated carbocycles. The van der Waals surface area contributed by atoms with E-state index in [1.807, 2.05) is 6.07 Å². The van der Waals surface area contributed by atoms with Gasteiger partial charge in [-0.3, -0.25) is 19.7 Å². The summed E-state index contributed by atoms with van der Waals surface area (Å²) in [5.74, 6) is -0.629. The first kappa shape index (κ1) is 24.0. The number of benzene rings is 2. The van der Waals surface area contributed by atoms with E-state index in [1.54, 1.807) is 29.6 Å². The third-order valence-electron chi connectivity index (χ3n) is 5.80. The molecule has 2 aromatic carbocycles. The van der Waals surface area contributed by atoms with Crippen LogP contribution in [0.2, 0.25) is 0 Å². The lowest BCUT2D eigenvalue weighted by molar-refractivity contribution is -0.384. The Balaban J connectivity index is 1.69. The molecule has 0 spiro atoms. The summed E-state index contributed by atoms with van der Waals surface area (Å²) in [6.07, 6.45) is 0.406. The fourth-order valence-electron chi connectivity index (χ4n) is 4.07. The molecule has 1 amide bonds. The molecule has 0 saturated heterocycles. The maximum atomic E-state index is 13.3. The van der Waals surface area contributed by atoms with Crippen LogP contribution in [0, 0.1) is 10.1 Å². The second-order valence-corrected chi connectivity index (χ2v) is 8.71. The van der Waals surface area contributed by atoms with E-state index in [2.05, 4.69) is 0 Å². The molecule has 3 aromatic rings. The second-order valence-electron chi connectivity index (χ2n) is 7.76. The molecule has 35 heavy (non-hydrogen) atoms. The molecule has 1 N–H and O–H groups in total. The molecule has 180 valence electrons. The first-order chi connectivity index (χ1) is 16.8. The Morgan fingerprint density at radius 1 is 1.11 bits per heavy atom. The van der Waals surface area contributed by atoms with Crippen LogP contribution in [-0.2, 0) is 11.2 Å². The summed E-state index contributed by atoms with van der Waals surface area (Å²) < 4.78 is 10.6. The molecule has 2 heterocycles. The Hall–Kier alpha value is -4.18. The molecular weight excluding hydrogens is 472 g/mol. The van der Waals surface area contributed by atoms with Gasteiger partial charge < -0.3 is 19.5 Å². The van der Waals surface area contributed by atoms with Crippen LogP contribution in [-0.4, -0.2) is 47.4 Å². The number of nitro groups is 1. The Morgan fingerprint density at radius 2 is 1.83 bits per heavy atom. The normalized spacial score (nSPS) is 15.4. The van der Waals surface area contributed by atoms with Crippen molar-refractivity contribution in [3.05, 3.63) is 97.4 Å². The van der Waals surface area contributed by atoms with Gasteiger partial charge in [0.05, 0.1) is 35.6 Å². The van der Waals surface area contributed by atoms with Gasteiger partial charge in [-0.1, -0.05) is 12.1 Å². The van der Waals surface area contributed by atoms with E-state index in [9.17, 15) is 24.8 Å². The van der Waals surface area contributed by atoms with Gasteiger partial charge in [0.2, 0.25) is 5.78 Å². The fourth-order valence-corrected chi connectivity index (χ4v) is 4.75. The van der Waals surface area contributed by atoms with Crippen molar-refractivity contribution in [3.63, 3.8) is 0 Å². The molecule has 0 fully saturated rings. The average molecular weight is 495 g/mol. The van der Waals surface area contributed by atoms with Crippen LogP contribution in [0.15, 0.2) is 71.3 Å². The number of methoxy groups -OCH3 is 2. The number of thiophene rings is 1. The highest BCUT2D eigenvalue weighted by atomic mass is 32.1. The highest BCUT2D eigenvalue weighted by Crippen LogP contribution is 2.40. The van der Waals surface area contributed by atoms with E-state index < -0.39 is 28.4 Å². The number of nitro benzene ring substituents is 1. The lowest BCUT2D eigenvalue weighted by atomic mass is 9.95. The first-order valence-electron chi connectivity index (χ1n) is 10.6. The molecule has 1 aromatic heterocycles. The number of hydrogen-bond donors (Lipinski definition) is 1. The van der Waals surface area contributed by atoms with Crippen molar-refractivity contribution in [1.82, 2.24) is 4.90 Å². The van der Waals surface area contributed by atoms with Crippen LogP contribution in [0.5, 0.6) is 11.5 Å². The number of carbonyl (C=O) groups excluding carboxylic acids is 2. The van der Waals surface area contributed by atoms with Crippen molar-refractivity contribution in [2.75, 3.05) is 20.8 Å². The number of ether oxygens (including phenoxy) is 2. The Kier molecular flexibility index (Phi) is 6.83. The van der Waals surface area contributed by atoms with Crippen LogP contribution in [0.3, 0.4) is 0 Å². The Labute approximate surface area is 205 Å². The SMILES string of the molecule is COc1ccc(CCN2C(=O)C(O)=C(C(=O)c3cccs3)[C@@H]2c2ccc([N+](=O)[O-])cc2)cc1OC. The number of hydrogen-bond acceptors (Lipinski definition) is 8. The number of carbonyl (C=O) groups is 2. The molecule has 1 aliphatic rings. The molecule has 1 aliphatic heterocycles. The molecule has 0 aliphatic carbocycles. The number of aliphatic hydroxyl groups is 1. The minimum Gasteiger partial charge on any atom is -0.503 e. The monoisotopic (exact) mass is 494 g/mol. The van der Waals surface area contributed by atoms with Crippen molar-refractivity contribution in [3.8, 4) is 11.5 Å². The quantitative estimate of drug-likeness (QED) is 0.264. The Morgan fingerprint density at radius 3 is 2.43 bits per heavy atom. The zero-order valence-corrected chi connectivity index (χ0v) is 19.8. The minimum absolute atomic E-state index is 0.0429. The number of amides is 1. The van der Waals surface area contributed by atoms with Gasteiger partial charge >= 0.3 is 0 Å². The predicted octanol–water partition coefficient (Wildman–Crippen LogP) is 4.49. The zero-order chi connectivity index (χ0) is 25.1. The summed E-state index contributed by atoms with van der Waals surface area (Å²) in [6.45, 7) is 0.182. The predicted molar refractivity (Wildman–Crippen MR) is 129 cm³/mol. The summed E-state index contributed by atoms with van der Waals surface area (Å²) in [7, 11) is 3.07. The maximum absolute atomic E-state index is 13.3. The topological polar surface area (TPSA) is 119 Å². The van der Waals surface area contributed by atoms with Crippen LogP contribution in [0.1, 0.15) is 26.8 Å². The van der Waals surface area contributed by atoms with Crippen LogP contribution in [0.25, 0.3) is 0 Å². The van der Waals surface area contributed by atoms with Crippen molar-refractivity contribution in [1.29, 1.82) is 0 Å². The first-order valence-corrected chi connectivity index (χ1v) is 11.5. The second kappa shape index (κ2) is 9.98. The molecule has 0 radical (unpaired) electrons. The van der Waals surface area contributed by atoms with Crippen molar-refractivity contribution < 1.29 is 29.1 Å². The molecular formula is C25H22N2O7S. The van der Waals surface area contributed by atoms with Crippen molar-refractivity contribution in [2.24, 2.45) is 0 Å². The van der Waals surface area contributed by atoms with Crippen molar-refractivity contribution >= 4 is 28.7 Å². The highest BCUT2D eigenvalue weighted by Gasteiger charge is 2.43. The highest BCUT2D eigenvalue weighted by molar-refractivity contribution is 7.12. The third-order valence-corrected chi connectivity index (χ3v) is 6.67. The number of ketones is 1. The summed E-state index contributed by atoms with van der Waals surface area (Å²) in [6, 6.07) is 13.5. The van der Waals surface area contributed by atoms with Gasteiger partial charge in [-0.25, -0.2) is 0 Å². The number of Topliss-reactive ketones (excluding diaryl/α,β-unsaturated/α-hetero) is 1. The number of aliphatic hydroxyl groups excluding tert-OH is 1. The third kappa shape index (κ3) is 4.60. The summed E-state index contributed by atoms with van der Waals surface area (Å²) in [4.78, 5) is 38.8. The lowest BCUT2D eigenvalue weighted by Gasteiger charge is -2.27. The standard InChI is InChI=1S/C25H22N2O7S/c1-33-18-10-5-15(14-19(18)34-2)11-12-26-22(16-6-8-17(9-7-16)27(31)32)21(24(29)25(26)30)23(28)20-4-3-13-35-20/h3-10,13-14,22,29H,11-12H2,1-2H3/t22-/m0/s1. The van der Waals surface area contributed by atoms with E-state index in [0.29, 0.717) is 28.4 Å². The van der Waals surface area contributed by atoms with E-state index in [1.165, 1.54) is 54.7 Å². The van der Waals surface area contributed by atoms with Crippen LogP contribution >= 0.6 is 11.3 Å². The molecule has 10 heteroatoms. The number of rotatable bonds is 9. The van der Waals surface area contributed by atoms with Gasteiger partial charge in [0, 0.05) is 18.7 Å². The number of nitrogens with zero attached hydrogens (tertiary/aromatic N) is 2. The average Bonchev–Trinajstić information content (AvgIpc) is 3.50. The fraction of sp³-hybridized carbons (Fsp3) is 0.200. The smallest absolute Gasteiger partial charge is 0.290 e. The lowest BCUT2D eigenvalue weighted by Crippen LogP contribution is -2.33. The molecule has 1 atom stereocenters. The Bertz CT molecular complexity index is 1300. The van der Waals surface area contributed by atoms with E-state index >= 15 is 0 Å². The zero-order valence-electron chi connectivity index (χ0n) is 19.0. The molecule has 4 rings (SSSR count). The van der Waals surface area contributed by atoms with Gasteiger partial charge in [0.1, 0.15) is 0 Å². The number of non-ortho nitro benzene ring substituents is 1. The molecule has 0 unspecified atom stereocenters. The van der Waals surface area contributed by atoms with E-state index in [0.717, 1.165) is 5.56 Å². The van der Waals surface area contributed by atoms with Gasteiger partial charge in [0.15, 0.2) is 17.3 Å². The molecule has 0 bridgehead atoms. The van der Waals surface area contributed by atoms with Gasteiger partial charge in [-0.15, -0.1) is 11.3 Å². The molecule has 9 nitrogen and oxygen atoms in total. The van der Waals surface area contributed by atoms with Gasteiger partial charge in [-0.2, -0.15) is 0 Å². The maximum Gasteiger partial charge on any atom is 0.290 e. The minimum atomic E-state index is -0.891. The van der Waals surface area contributed by atoms with Crippen LogP contribution in [0.4, 0.5) is 5.69 Å². The van der Waals surface area contributed by atoms with E-state index in [-0.39, 0.29) is 17.8 Å². The van der Waals surface area contributed by atoms with Crippen molar-refractivity contribution in [2.45, 2.75) is 12.5 Å².